The van der Waals surface area contributed by atoms with Crippen LogP contribution in [-0.4, -0.2) is 35.2 Å². The Balaban J connectivity index is 1.62. The molecule has 0 bridgehead atoms. The maximum Gasteiger partial charge on any atom is 0.371 e. The van der Waals surface area contributed by atoms with E-state index in [-0.39, 0.29) is 30.7 Å². The van der Waals surface area contributed by atoms with Crippen molar-refractivity contribution in [1.82, 2.24) is 5.32 Å². The third kappa shape index (κ3) is 3.43. The standard InChI is InChI=1S/C16H14N2O5S/c19-14(17-7-10-5-6-12(23-10)16(21)22)8-18-11-3-1-2-4-13(11)24-9-15(18)20/h1-6H,7-9H2,(H,17,19)(H,21,22). The van der Waals surface area contributed by atoms with Gasteiger partial charge in [-0.05, 0) is 24.3 Å². The summed E-state index contributed by atoms with van der Waals surface area (Å²) in [6, 6.07) is 10.2. The van der Waals surface area contributed by atoms with Gasteiger partial charge in [-0.2, -0.15) is 0 Å². The number of carboxylic acids is 1. The summed E-state index contributed by atoms with van der Waals surface area (Å²) < 4.78 is 5.06. The molecule has 124 valence electrons. The monoisotopic (exact) mass is 346 g/mol. The van der Waals surface area contributed by atoms with Gasteiger partial charge in [-0.25, -0.2) is 4.79 Å². The number of carboxylic acid groups (broad SMARTS) is 1. The van der Waals surface area contributed by atoms with Crippen LogP contribution in [0.2, 0.25) is 0 Å². The van der Waals surface area contributed by atoms with E-state index in [0.717, 1.165) is 10.6 Å². The molecule has 0 saturated heterocycles. The molecule has 24 heavy (non-hydrogen) atoms. The molecule has 2 heterocycles. The van der Waals surface area contributed by atoms with Gasteiger partial charge >= 0.3 is 5.97 Å². The highest BCUT2D eigenvalue weighted by Gasteiger charge is 2.26. The smallest absolute Gasteiger partial charge is 0.371 e. The molecule has 0 fully saturated rings. The highest BCUT2D eigenvalue weighted by molar-refractivity contribution is 8.00. The van der Waals surface area contributed by atoms with Crippen LogP contribution in [0, 0.1) is 0 Å². The second-order valence-electron chi connectivity index (χ2n) is 5.08. The number of aromatic carboxylic acids is 1. The number of thioether (sulfide) groups is 1. The summed E-state index contributed by atoms with van der Waals surface area (Å²) in [6.07, 6.45) is 0. The Hall–Kier alpha value is -2.74. The molecule has 1 aromatic heterocycles. The van der Waals surface area contributed by atoms with E-state index in [1.807, 2.05) is 18.2 Å². The summed E-state index contributed by atoms with van der Waals surface area (Å²) in [4.78, 5) is 37.3. The number of hydrogen-bond acceptors (Lipinski definition) is 5. The number of hydrogen-bond donors (Lipinski definition) is 2. The number of para-hydroxylation sites is 1. The van der Waals surface area contributed by atoms with Crippen LogP contribution in [0.25, 0.3) is 0 Å². The summed E-state index contributed by atoms with van der Waals surface area (Å²) in [5.74, 6) is -1.19. The zero-order valence-corrected chi connectivity index (χ0v) is 13.3. The molecule has 0 spiro atoms. The molecule has 3 rings (SSSR count). The average molecular weight is 346 g/mol. The van der Waals surface area contributed by atoms with Crippen LogP contribution < -0.4 is 10.2 Å². The van der Waals surface area contributed by atoms with Crippen LogP contribution in [0.1, 0.15) is 16.3 Å². The van der Waals surface area contributed by atoms with Crippen LogP contribution in [0.3, 0.4) is 0 Å². The quantitative estimate of drug-likeness (QED) is 0.855. The number of nitrogens with one attached hydrogen (secondary N) is 1. The fourth-order valence-corrected chi connectivity index (χ4v) is 3.24. The van der Waals surface area contributed by atoms with Gasteiger partial charge in [0.2, 0.25) is 17.6 Å². The third-order valence-corrected chi connectivity index (χ3v) is 4.49. The first-order valence-electron chi connectivity index (χ1n) is 7.15. The largest absolute Gasteiger partial charge is 0.475 e. The Labute approximate surface area is 141 Å². The van der Waals surface area contributed by atoms with E-state index in [1.165, 1.54) is 28.8 Å². The van der Waals surface area contributed by atoms with E-state index in [0.29, 0.717) is 11.5 Å². The number of amides is 2. The van der Waals surface area contributed by atoms with Crippen LogP contribution in [0.5, 0.6) is 0 Å². The van der Waals surface area contributed by atoms with Crippen LogP contribution in [0.15, 0.2) is 45.7 Å². The summed E-state index contributed by atoms with van der Waals surface area (Å²) in [5.41, 5.74) is 0.722. The van der Waals surface area contributed by atoms with Gasteiger partial charge in [0.05, 0.1) is 18.0 Å². The average Bonchev–Trinajstić information content (AvgIpc) is 3.05. The van der Waals surface area contributed by atoms with Gasteiger partial charge in [0.1, 0.15) is 12.3 Å². The van der Waals surface area contributed by atoms with Crippen molar-refractivity contribution in [3.05, 3.63) is 47.9 Å². The first-order valence-corrected chi connectivity index (χ1v) is 8.14. The summed E-state index contributed by atoms with van der Waals surface area (Å²) in [6.45, 7) is -0.0343. The zero-order chi connectivity index (χ0) is 17.1. The first-order chi connectivity index (χ1) is 11.5. The van der Waals surface area contributed by atoms with Gasteiger partial charge in [0.25, 0.3) is 0 Å². The highest BCUT2D eigenvalue weighted by atomic mass is 32.2. The zero-order valence-electron chi connectivity index (χ0n) is 12.5. The van der Waals surface area contributed by atoms with Gasteiger partial charge < -0.3 is 19.7 Å². The van der Waals surface area contributed by atoms with Crippen molar-refractivity contribution in [2.24, 2.45) is 0 Å². The number of nitrogens with zero attached hydrogens (tertiary/aromatic N) is 1. The molecule has 2 amide bonds. The van der Waals surface area contributed by atoms with Crippen LogP contribution in [0.4, 0.5) is 5.69 Å². The summed E-state index contributed by atoms with van der Waals surface area (Å²) in [7, 11) is 0. The fourth-order valence-electron chi connectivity index (χ4n) is 2.30. The van der Waals surface area contributed by atoms with Gasteiger partial charge in [-0.3, -0.25) is 9.59 Å². The Morgan fingerprint density at radius 1 is 1.25 bits per heavy atom. The molecule has 1 aliphatic heterocycles. The van der Waals surface area contributed by atoms with E-state index < -0.39 is 5.97 Å². The molecule has 0 saturated carbocycles. The SMILES string of the molecule is O=C(CN1C(=O)CSc2ccccc21)NCc1ccc(C(=O)O)o1. The van der Waals surface area contributed by atoms with E-state index >= 15 is 0 Å². The Kier molecular flexibility index (Phi) is 4.57. The van der Waals surface area contributed by atoms with E-state index in [9.17, 15) is 14.4 Å². The lowest BCUT2D eigenvalue weighted by Gasteiger charge is -2.28. The van der Waals surface area contributed by atoms with Crippen molar-refractivity contribution in [2.75, 3.05) is 17.2 Å². The van der Waals surface area contributed by atoms with Gasteiger partial charge in [0.15, 0.2) is 0 Å². The maximum atomic E-state index is 12.1. The molecule has 1 aliphatic rings. The number of benzene rings is 1. The molecule has 1 aromatic carbocycles. The second kappa shape index (κ2) is 6.79. The van der Waals surface area contributed by atoms with E-state index in [1.54, 1.807) is 6.07 Å². The number of rotatable bonds is 5. The minimum atomic E-state index is -1.17. The van der Waals surface area contributed by atoms with Crippen molar-refractivity contribution in [1.29, 1.82) is 0 Å². The van der Waals surface area contributed by atoms with Gasteiger partial charge in [-0.15, -0.1) is 11.8 Å². The molecule has 0 unspecified atom stereocenters. The lowest BCUT2D eigenvalue weighted by Crippen LogP contribution is -2.43. The highest BCUT2D eigenvalue weighted by Crippen LogP contribution is 2.34. The molecule has 8 heteroatoms. The van der Waals surface area contributed by atoms with Crippen LogP contribution in [-0.2, 0) is 16.1 Å². The molecule has 0 atom stereocenters. The van der Waals surface area contributed by atoms with Crippen molar-refractivity contribution < 1.29 is 23.9 Å². The molecular formula is C16H14N2O5S. The Morgan fingerprint density at radius 2 is 2.04 bits per heavy atom. The van der Waals surface area contributed by atoms with Gasteiger partial charge in [-0.1, -0.05) is 12.1 Å². The lowest BCUT2D eigenvalue weighted by molar-refractivity contribution is -0.123. The molecule has 7 nitrogen and oxygen atoms in total. The number of furan rings is 1. The molecule has 2 aromatic rings. The van der Waals surface area contributed by atoms with E-state index in [4.69, 9.17) is 9.52 Å². The maximum absolute atomic E-state index is 12.1. The lowest BCUT2D eigenvalue weighted by atomic mass is 10.2. The molecule has 0 aliphatic carbocycles. The molecular weight excluding hydrogens is 332 g/mol. The Bertz CT molecular complexity index is 801. The normalized spacial score (nSPS) is 13.5. The summed E-state index contributed by atoms with van der Waals surface area (Å²) in [5, 5.41) is 11.4. The topological polar surface area (TPSA) is 99.9 Å². The first kappa shape index (κ1) is 16.1. The van der Waals surface area contributed by atoms with Crippen LogP contribution >= 0.6 is 11.8 Å². The number of anilines is 1. The van der Waals surface area contributed by atoms with Gasteiger partial charge in [0, 0.05) is 4.90 Å². The molecule has 2 N–H and O–H groups in total. The predicted molar refractivity (Wildman–Crippen MR) is 87.0 cm³/mol. The van der Waals surface area contributed by atoms with Crippen molar-refractivity contribution >= 4 is 35.2 Å². The Morgan fingerprint density at radius 3 is 2.79 bits per heavy atom. The minimum Gasteiger partial charge on any atom is -0.475 e. The molecule has 0 radical (unpaired) electrons. The fraction of sp³-hybridized carbons (Fsp3) is 0.188. The number of fused-ring (bicyclic) bond motifs is 1. The second-order valence-corrected chi connectivity index (χ2v) is 6.10. The minimum absolute atomic E-state index is 0.0601. The third-order valence-electron chi connectivity index (χ3n) is 3.44. The number of carbonyl (C=O) groups is 3. The van der Waals surface area contributed by atoms with Crippen molar-refractivity contribution in [3.63, 3.8) is 0 Å². The van der Waals surface area contributed by atoms with Crippen molar-refractivity contribution in [2.45, 2.75) is 11.4 Å². The van der Waals surface area contributed by atoms with Crippen molar-refractivity contribution in [3.8, 4) is 0 Å². The number of carbonyl (C=O) groups excluding carboxylic acids is 2. The predicted octanol–water partition coefficient (Wildman–Crippen LogP) is 1.73. The summed E-state index contributed by atoms with van der Waals surface area (Å²) >= 11 is 1.45. The van der Waals surface area contributed by atoms with E-state index in [2.05, 4.69) is 5.32 Å².